The minimum Gasteiger partial charge on any atom is -0.465 e. The number of piperidine rings is 1. The number of carbonyl (C=O) groups excluding carboxylic acids is 1. The quantitative estimate of drug-likeness (QED) is 0.696. The molecule has 33 heavy (non-hydrogen) atoms. The lowest BCUT2D eigenvalue weighted by atomic mass is 9.95. The van der Waals surface area contributed by atoms with Crippen LogP contribution < -0.4 is 5.32 Å². The van der Waals surface area contributed by atoms with Gasteiger partial charge in [-0.2, -0.15) is 17.0 Å². The first-order valence-electron chi connectivity index (χ1n) is 11.0. The van der Waals surface area contributed by atoms with Crippen LogP contribution in [0.4, 0.5) is 4.79 Å². The van der Waals surface area contributed by atoms with E-state index in [2.05, 4.69) is 5.32 Å². The number of carboxylic acid groups (broad SMARTS) is 1. The molecule has 4 rings (SSSR count). The Kier molecular flexibility index (Phi) is 8.75. The molecule has 174 valence electrons. The topological polar surface area (TPSA) is 96.7 Å². The Bertz CT molecular complexity index is 957. The predicted octanol–water partition coefficient (Wildman–Crippen LogP) is 3.77. The van der Waals surface area contributed by atoms with Crippen molar-refractivity contribution in [1.82, 2.24) is 15.1 Å². The second-order valence-corrected chi connectivity index (χ2v) is 9.15. The highest BCUT2D eigenvalue weighted by Crippen LogP contribution is 2.34. The SMILES string of the molecule is CSCCC1NC2(CCN(C(=O)O)CC2)N(Cc2ccccc2)C1=O.N#Cc1ccccc1. The monoisotopic (exact) mass is 466 g/mol. The number of benzene rings is 2. The molecular weight excluding hydrogens is 436 g/mol. The number of nitrogens with one attached hydrogen (secondary N) is 1. The summed E-state index contributed by atoms with van der Waals surface area (Å²) >= 11 is 1.74. The van der Waals surface area contributed by atoms with Crippen molar-refractivity contribution in [1.29, 1.82) is 5.26 Å². The molecule has 2 heterocycles. The van der Waals surface area contributed by atoms with E-state index in [-0.39, 0.29) is 11.9 Å². The van der Waals surface area contributed by atoms with Crippen molar-refractivity contribution in [3.05, 3.63) is 71.8 Å². The zero-order valence-corrected chi connectivity index (χ0v) is 19.6. The van der Waals surface area contributed by atoms with Crippen molar-refractivity contribution >= 4 is 23.8 Å². The van der Waals surface area contributed by atoms with E-state index >= 15 is 0 Å². The molecule has 1 atom stereocenters. The first kappa shape index (κ1) is 24.6. The third kappa shape index (κ3) is 6.28. The summed E-state index contributed by atoms with van der Waals surface area (Å²) in [5.41, 5.74) is 1.39. The summed E-state index contributed by atoms with van der Waals surface area (Å²) in [7, 11) is 0. The van der Waals surface area contributed by atoms with Crippen molar-refractivity contribution in [3.63, 3.8) is 0 Å². The van der Waals surface area contributed by atoms with Gasteiger partial charge in [0.1, 0.15) is 0 Å². The van der Waals surface area contributed by atoms with Crippen LogP contribution >= 0.6 is 11.8 Å². The molecule has 0 aliphatic carbocycles. The number of rotatable bonds is 5. The number of likely N-dealkylation sites (tertiary alicyclic amines) is 1. The summed E-state index contributed by atoms with van der Waals surface area (Å²) < 4.78 is 0. The smallest absolute Gasteiger partial charge is 0.407 e. The molecule has 2 aliphatic rings. The number of thioether (sulfide) groups is 1. The second kappa shape index (κ2) is 11.7. The minimum absolute atomic E-state index is 0.140. The highest BCUT2D eigenvalue weighted by atomic mass is 32.2. The predicted molar refractivity (Wildman–Crippen MR) is 130 cm³/mol. The second-order valence-electron chi connectivity index (χ2n) is 8.17. The Morgan fingerprint density at radius 3 is 2.27 bits per heavy atom. The Morgan fingerprint density at radius 1 is 1.15 bits per heavy atom. The van der Waals surface area contributed by atoms with Gasteiger partial charge in [-0.3, -0.25) is 10.1 Å². The first-order valence-corrected chi connectivity index (χ1v) is 12.4. The lowest BCUT2D eigenvalue weighted by Crippen LogP contribution is -2.59. The van der Waals surface area contributed by atoms with E-state index in [9.17, 15) is 14.7 Å². The van der Waals surface area contributed by atoms with E-state index in [4.69, 9.17) is 5.26 Å². The molecular formula is C25H30N4O3S. The van der Waals surface area contributed by atoms with Crippen LogP contribution in [-0.2, 0) is 11.3 Å². The van der Waals surface area contributed by atoms with E-state index < -0.39 is 11.8 Å². The maximum atomic E-state index is 13.0. The normalized spacial score (nSPS) is 19.0. The van der Waals surface area contributed by atoms with Gasteiger partial charge in [-0.1, -0.05) is 48.5 Å². The fraction of sp³-hybridized carbons (Fsp3) is 0.400. The van der Waals surface area contributed by atoms with Gasteiger partial charge in [-0.25, -0.2) is 4.79 Å². The first-order chi connectivity index (χ1) is 16.0. The molecule has 2 aromatic rings. The van der Waals surface area contributed by atoms with Crippen LogP contribution in [0.15, 0.2) is 60.7 Å². The molecule has 2 N–H and O–H groups in total. The molecule has 1 unspecified atom stereocenters. The lowest BCUT2D eigenvalue weighted by molar-refractivity contribution is -0.134. The van der Waals surface area contributed by atoms with Crippen LogP contribution in [-0.4, -0.2) is 63.7 Å². The van der Waals surface area contributed by atoms with Crippen LogP contribution in [0.25, 0.3) is 0 Å². The van der Waals surface area contributed by atoms with Crippen molar-refractivity contribution in [2.75, 3.05) is 25.1 Å². The average molecular weight is 467 g/mol. The third-order valence-electron chi connectivity index (χ3n) is 6.08. The standard InChI is InChI=1S/C18H25N3O3S.C7H5N/c1-25-12-7-15-16(22)21(13-14-5-3-2-4-6-14)18(19-15)8-10-20(11-9-18)17(23)24;8-6-7-4-2-1-3-5-7/h2-6,15,19H,7-13H2,1H3,(H,23,24);1-5H. The Hall–Kier alpha value is -3.02. The van der Waals surface area contributed by atoms with Crippen LogP contribution in [0.1, 0.15) is 30.4 Å². The minimum atomic E-state index is -0.882. The van der Waals surface area contributed by atoms with Crippen molar-refractivity contribution in [3.8, 4) is 6.07 Å². The van der Waals surface area contributed by atoms with Gasteiger partial charge < -0.3 is 14.9 Å². The van der Waals surface area contributed by atoms with Gasteiger partial charge in [0, 0.05) is 32.5 Å². The Balaban J connectivity index is 0.000000323. The molecule has 2 amide bonds. The zero-order valence-electron chi connectivity index (χ0n) is 18.8. The zero-order chi connectivity index (χ0) is 23.7. The number of nitrogens with zero attached hydrogens (tertiary/aromatic N) is 3. The van der Waals surface area contributed by atoms with Gasteiger partial charge in [0.25, 0.3) is 0 Å². The molecule has 2 fully saturated rings. The maximum absolute atomic E-state index is 13.0. The number of nitriles is 1. The summed E-state index contributed by atoms with van der Waals surface area (Å²) in [5, 5.41) is 21.1. The molecule has 0 radical (unpaired) electrons. The van der Waals surface area contributed by atoms with Crippen LogP contribution in [0, 0.1) is 11.3 Å². The molecule has 0 aromatic heterocycles. The average Bonchev–Trinajstić information content (AvgIpc) is 3.10. The van der Waals surface area contributed by atoms with E-state index in [1.54, 1.807) is 23.9 Å². The van der Waals surface area contributed by atoms with Crippen molar-refractivity contribution in [2.45, 2.75) is 37.5 Å². The Labute approximate surface area is 199 Å². The van der Waals surface area contributed by atoms with E-state index in [0.29, 0.717) is 38.0 Å². The molecule has 0 saturated carbocycles. The molecule has 2 aliphatic heterocycles. The summed E-state index contributed by atoms with van der Waals surface area (Å²) in [6.07, 6.45) is 3.23. The van der Waals surface area contributed by atoms with Crippen LogP contribution in [0.5, 0.6) is 0 Å². The fourth-order valence-corrected chi connectivity index (χ4v) is 4.76. The molecule has 7 nitrogen and oxygen atoms in total. The fourth-order valence-electron chi connectivity index (χ4n) is 4.28. The van der Waals surface area contributed by atoms with Crippen molar-refractivity contribution in [2.24, 2.45) is 0 Å². The van der Waals surface area contributed by atoms with E-state index in [1.807, 2.05) is 65.8 Å². The van der Waals surface area contributed by atoms with Gasteiger partial charge >= 0.3 is 6.09 Å². The summed E-state index contributed by atoms with van der Waals surface area (Å²) in [4.78, 5) is 27.6. The third-order valence-corrected chi connectivity index (χ3v) is 6.73. The van der Waals surface area contributed by atoms with E-state index in [1.165, 1.54) is 4.90 Å². The number of amides is 2. The molecule has 2 saturated heterocycles. The van der Waals surface area contributed by atoms with Gasteiger partial charge in [0.2, 0.25) is 5.91 Å². The largest absolute Gasteiger partial charge is 0.465 e. The van der Waals surface area contributed by atoms with Gasteiger partial charge in [-0.05, 0) is 36.1 Å². The highest BCUT2D eigenvalue weighted by Gasteiger charge is 2.51. The highest BCUT2D eigenvalue weighted by molar-refractivity contribution is 7.98. The number of hydrogen-bond acceptors (Lipinski definition) is 5. The number of carbonyl (C=O) groups is 2. The van der Waals surface area contributed by atoms with Gasteiger partial charge in [-0.15, -0.1) is 0 Å². The van der Waals surface area contributed by atoms with Gasteiger partial charge in [0.15, 0.2) is 0 Å². The summed E-state index contributed by atoms with van der Waals surface area (Å²) in [6, 6.07) is 21.0. The maximum Gasteiger partial charge on any atom is 0.407 e. The van der Waals surface area contributed by atoms with Crippen molar-refractivity contribution < 1.29 is 14.7 Å². The van der Waals surface area contributed by atoms with Gasteiger partial charge in [0.05, 0.1) is 23.3 Å². The summed E-state index contributed by atoms with van der Waals surface area (Å²) in [6.45, 7) is 1.47. The molecule has 1 spiro atoms. The van der Waals surface area contributed by atoms with Crippen LogP contribution in [0.3, 0.4) is 0 Å². The van der Waals surface area contributed by atoms with E-state index in [0.717, 1.165) is 17.7 Å². The lowest BCUT2D eigenvalue weighted by Gasteiger charge is -2.44. The molecule has 2 aromatic carbocycles. The Morgan fingerprint density at radius 2 is 1.76 bits per heavy atom. The molecule has 0 bridgehead atoms. The summed E-state index contributed by atoms with van der Waals surface area (Å²) in [5.74, 6) is 1.07. The molecule has 8 heteroatoms. The number of hydrogen-bond donors (Lipinski definition) is 2. The van der Waals surface area contributed by atoms with Crippen LogP contribution in [0.2, 0.25) is 0 Å².